The molecule has 2 aromatic rings. The van der Waals surface area contributed by atoms with Crippen LogP contribution >= 0.6 is 0 Å². The van der Waals surface area contributed by atoms with Crippen LogP contribution in [0.25, 0.3) is 0 Å². The van der Waals surface area contributed by atoms with E-state index in [2.05, 4.69) is 10.3 Å². The van der Waals surface area contributed by atoms with Gasteiger partial charge in [0, 0.05) is 31.6 Å². The minimum atomic E-state index is -0.242. The fraction of sp³-hybridized carbons (Fsp3) is 0.412. The molecule has 0 radical (unpaired) electrons. The molecule has 1 N–H and O–H groups in total. The Morgan fingerprint density at radius 3 is 2.36 bits per heavy atom. The maximum atomic E-state index is 12.0. The summed E-state index contributed by atoms with van der Waals surface area (Å²) >= 11 is 0. The lowest BCUT2D eigenvalue weighted by atomic mass is 10.1. The average molecular weight is 349 g/mol. The summed E-state index contributed by atoms with van der Waals surface area (Å²) in [5.74, 6) is 2.28. The summed E-state index contributed by atoms with van der Waals surface area (Å²) in [5, 5.41) is 2.79. The van der Waals surface area contributed by atoms with Crippen LogP contribution in [-0.4, -0.2) is 43.4 Å². The molecule has 1 aromatic heterocycles. The van der Waals surface area contributed by atoms with E-state index in [1.54, 1.807) is 39.7 Å². The van der Waals surface area contributed by atoms with Crippen LogP contribution in [0.3, 0.4) is 0 Å². The van der Waals surface area contributed by atoms with Gasteiger partial charge in [0.05, 0.1) is 33.4 Å². The fourth-order valence-corrected chi connectivity index (χ4v) is 2.26. The molecule has 0 spiro atoms. The van der Waals surface area contributed by atoms with Gasteiger partial charge in [0.25, 0.3) is 0 Å². The third-order valence-electron chi connectivity index (χ3n) is 3.66. The van der Waals surface area contributed by atoms with Crippen LogP contribution in [0.15, 0.2) is 24.5 Å². The summed E-state index contributed by atoms with van der Waals surface area (Å²) in [5.41, 5.74) is 0.725. The average Bonchev–Trinajstić information content (AvgIpc) is 3.04. The first-order valence-electron chi connectivity index (χ1n) is 7.68. The number of carbonyl (C=O) groups excluding carboxylic acids is 1. The summed E-state index contributed by atoms with van der Waals surface area (Å²) < 4.78 is 23.1. The van der Waals surface area contributed by atoms with Crippen LogP contribution in [0, 0.1) is 0 Å². The van der Waals surface area contributed by atoms with Gasteiger partial charge in [-0.1, -0.05) is 0 Å². The number of aromatic nitrogens is 2. The molecule has 0 unspecified atom stereocenters. The zero-order valence-corrected chi connectivity index (χ0v) is 14.9. The van der Waals surface area contributed by atoms with Crippen molar-refractivity contribution in [3.63, 3.8) is 0 Å². The molecule has 8 heteroatoms. The molecule has 0 saturated carbocycles. The topological polar surface area (TPSA) is 83.8 Å². The van der Waals surface area contributed by atoms with E-state index in [0.717, 1.165) is 11.4 Å². The smallest absolute Gasteiger partial charge is 0.246 e. The summed E-state index contributed by atoms with van der Waals surface area (Å²) in [6.07, 6.45) is 3.50. The molecule has 0 aliphatic rings. The molecule has 0 fully saturated rings. The Bertz CT molecular complexity index is 689. The van der Waals surface area contributed by atoms with Crippen molar-refractivity contribution in [1.82, 2.24) is 14.9 Å². The molecular weight excluding hydrogens is 326 g/mol. The highest BCUT2D eigenvalue weighted by atomic mass is 16.5. The number of benzene rings is 1. The Labute approximate surface area is 146 Å². The number of hydrogen-bond acceptors (Lipinski definition) is 6. The number of rotatable bonds is 9. The number of methoxy groups -OCH3 is 3. The minimum Gasteiger partial charge on any atom is -0.496 e. The van der Waals surface area contributed by atoms with Crippen LogP contribution in [0.2, 0.25) is 0 Å². The van der Waals surface area contributed by atoms with Gasteiger partial charge in [-0.3, -0.25) is 4.79 Å². The number of hydrogen-bond donors (Lipinski definition) is 1. The van der Waals surface area contributed by atoms with Crippen LogP contribution in [0.4, 0.5) is 0 Å². The summed E-state index contributed by atoms with van der Waals surface area (Å²) in [6, 6.07) is 3.48. The molecule has 1 aromatic carbocycles. The Morgan fingerprint density at radius 2 is 1.84 bits per heavy atom. The number of nitrogens with zero attached hydrogens (tertiary/aromatic N) is 2. The largest absolute Gasteiger partial charge is 0.496 e. The van der Waals surface area contributed by atoms with Crippen molar-refractivity contribution >= 4 is 5.91 Å². The van der Waals surface area contributed by atoms with E-state index in [9.17, 15) is 4.79 Å². The van der Waals surface area contributed by atoms with Gasteiger partial charge in [-0.15, -0.1) is 0 Å². The van der Waals surface area contributed by atoms with Crippen molar-refractivity contribution in [2.75, 3.05) is 27.9 Å². The van der Waals surface area contributed by atoms with Crippen LogP contribution in [0.1, 0.15) is 11.4 Å². The molecule has 8 nitrogen and oxygen atoms in total. The number of ether oxygens (including phenoxy) is 4. The molecule has 1 heterocycles. The summed E-state index contributed by atoms with van der Waals surface area (Å²) in [6.45, 7) is 0.459. The maximum Gasteiger partial charge on any atom is 0.246 e. The third kappa shape index (κ3) is 4.87. The van der Waals surface area contributed by atoms with E-state index < -0.39 is 0 Å². The van der Waals surface area contributed by atoms with Crippen LogP contribution in [-0.2, 0) is 29.7 Å². The fourth-order valence-electron chi connectivity index (χ4n) is 2.26. The van der Waals surface area contributed by atoms with E-state index in [1.165, 1.54) is 0 Å². The molecule has 2 rings (SSSR count). The van der Waals surface area contributed by atoms with E-state index in [-0.39, 0.29) is 25.7 Å². The van der Waals surface area contributed by atoms with Crippen molar-refractivity contribution in [2.24, 2.45) is 7.05 Å². The first-order chi connectivity index (χ1) is 12.1. The third-order valence-corrected chi connectivity index (χ3v) is 3.66. The zero-order valence-electron chi connectivity index (χ0n) is 14.9. The van der Waals surface area contributed by atoms with Gasteiger partial charge < -0.3 is 28.8 Å². The number of aryl methyl sites for hydroxylation is 1. The Kier molecular flexibility index (Phi) is 6.64. The molecule has 1 amide bonds. The molecule has 25 heavy (non-hydrogen) atoms. The van der Waals surface area contributed by atoms with Gasteiger partial charge in [-0.2, -0.15) is 0 Å². The highest BCUT2D eigenvalue weighted by Gasteiger charge is 2.14. The Balaban J connectivity index is 1.91. The first-order valence-corrected chi connectivity index (χ1v) is 7.68. The minimum absolute atomic E-state index is 0.0619. The highest BCUT2D eigenvalue weighted by Crippen LogP contribution is 2.33. The number of amides is 1. The predicted molar refractivity (Wildman–Crippen MR) is 90.8 cm³/mol. The summed E-state index contributed by atoms with van der Waals surface area (Å²) in [7, 11) is 6.54. The second-order valence-electron chi connectivity index (χ2n) is 5.23. The van der Waals surface area contributed by atoms with E-state index in [1.807, 2.05) is 17.8 Å². The van der Waals surface area contributed by atoms with E-state index in [4.69, 9.17) is 18.9 Å². The van der Waals surface area contributed by atoms with Gasteiger partial charge in [0.1, 0.15) is 36.3 Å². The van der Waals surface area contributed by atoms with E-state index >= 15 is 0 Å². The Morgan fingerprint density at radius 1 is 1.16 bits per heavy atom. The first kappa shape index (κ1) is 18.6. The van der Waals surface area contributed by atoms with Crippen molar-refractivity contribution in [3.05, 3.63) is 35.9 Å². The maximum absolute atomic E-state index is 12.0. The highest BCUT2D eigenvalue weighted by molar-refractivity contribution is 5.77. The van der Waals surface area contributed by atoms with Crippen LogP contribution in [0.5, 0.6) is 17.2 Å². The van der Waals surface area contributed by atoms with Crippen LogP contribution < -0.4 is 19.5 Å². The van der Waals surface area contributed by atoms with Crippen molar-refractivity contribution in [2.45, 2.75) is 13.2 Å². The number of nitrogens with one attached hydrogen (secondary N) is 1. The second-order valence-corrected chi connectivity index (χ2v) is 5.23. The lowest BCUT2D eigenvalue weighted by Crippen LogP contribution is -2.27. The lowest BCUT2D eigenvalue weighted by molar-refractivity contribution is -0.126. The van der Waals surface area contributed by atoms with Crippen molar-refractivity contribution in [1.29, 1.82) is 0 Å². The van der Waals surface area contributed by atoms with E-state index in [0.29, 0.717) is 17.2 Å². The van der Waals surface area contributed by atoms with Gasteiger partial charge in [0.2, 0.25) is 5.91 Å². The van der Waals surface area contributed by atoms with Crippen molar-refractivity contribution in [3.8, 4) is 17.2 Å². The lowest BCUT2D eigenvalue weighted by Gasteiger charge is -2.15. The van der Waals surface area contributed by atoms with Gasteiger partial charge in [-0.25, -0.2) is 4.98 Å². The molecule has 0 atom stereocenters. The molecule has 0 aliphatic heterocycles. The summed E-state index contributed by atoms with van der Waals surface area (Å²) in [4.78, 5) is 16.1. The number of carbonyl (C=O) groups is 1. The zero-order chi connectivity index (χ0) is 18.2. The molecular formula is C17H23N3O5. The second kappa shape index (κ2) is 8.93. The Hall–Kier alpha value is -2.74. The predicted octanol–water partition coefficient (Wildman–Crippen LogP) is 1.28. The standard InChI is InChI=1S/C17H23N3O5/c1-20-6-5-18-16(20)10-25-11-17(21)19-9-13-14(23-3)7-12(22-2)8-15(13)24-4/h5-8H,9-11H2,1-4H3,(H,19,21). The van der Waals surface area contributed by atoms with Gasteiger partial charge in [-0.05, 0) is 0 Å². The SMILES string of the molecule is COc1cc(OC)c(CNC(=O)COCc2nccn2C)c(OC)c1. The monoisotopic (exact) mass is 349 g/mol. The molecule has 0 bridgehead atoms. The van der Waals surface area contributed by atoms with Gasteiger partial charge in [0.15, 0.2) is 0 Å². The quantitative estimate of drug-likeness (QED) is 0.734. The molecule has 0 aliphatic carbocycles. The molecule has 0 saturated heterocycles. The molecule has 136 valence electrons. The number of imidazole rings is 1. The van der Waals surface area contributed by atoms with Gasteiger partial charge >= 0.3 is 0 Å². The normalized spacial score (nSPS) is 10.4. The van der Waals surface area contributed by atoms with Crippen molar-refractivity contribution < 1.29 is 23.7 Å².